The molecule has 0 saturated carbocycles. The maximum Gasteiger partial charge on any atom is 0.253 e. The SMILES string of the molecule is COCCC[C@H]1CCCN(C(=O)c2ccc(CN3CCCCC3)cc2)C1. The summed E-state index contributed by atoms with van der Waals surface area (Å²) >= 11 is 0. The highest BCUT2D eigenvalue weighted by atomic mass is 16.5. The molecule has 0 radical (unpaired) electrons. The van der Waals surface area contributed by atoms with Gasteiger partial charge in [0.05, 0.1) is 0 Å². The Kier molecular flexibility index (Phi) is 7.51. The van der Waals surface area contributed by atoms with E-state index >= 15 is 0 Å². The van der Waals surface area contributed by atoms with Crippen LogP contribution in [0.4, 0.5) is 0 Å². The minimum atomic E-state index is 0.200. The second-order valence-corrected chi connectivity index (χ2v) is 7.93. The Morgan fingerprint density at radius 2 is 1.85 bits per heavy atom. The highest BCUT2D eigenvalue weighted by molar-refractivity contribution is 5.94. The van der Waals surface area contributed by atoms with Gasteiger partial charge < -0.3 is 9.64 Å². The van der Waals surface area contributed by atoms with E-state index in [9.17, 15) is 4.79 Å². The molecule has 0 bridgehead atoms. The molecule has 2 saturated heterocycles. The van der Waals surface area contributed by atoms with Crippen LogP contribution in [0.25, 0.3) is 0 Å². The molecule has 1 amide bonds. The molecule has 26 heavy (non-hydrogen) atoms. The standard InChI is InChI=1S/C22H34N2O2/c1-26-16-6-8-19-7-5-15-24(18-19)22(25)21-11-9-20(10-12-21)17-23-13-3-2-4-14-23/h9-12,19H,2-8,13-18H2,1H3/t19-/m1/s1. The van der Waals surface area contributed by atoms with E-state index < -0.39 is 0 Å². The first kappa shape index (κ1) is 19.4. The number of methoxy groups -OCH3 is 1. The van der Waals surface area contributed by atoms with E-state index in [-0.39, 0.29) is 5.91 Å². The normalized spacial score (nSPS) is 21.7. The summed E-state index contributed by atoms with van der Waals surface area (Å²) in [7, 11) is 1.76. The van der Waals surface area contributed by atoms with Gasteiger partial charge in [-0.25, -0.2) is 0 Å². The molecule has 2 heterocycles. The molecule has 0 aromatic heterocycles. The molecule has 2 aliphatic heterocycles. The third kappa shape index (κ3) is 5.55. The van der Waals surface area contributed by atoms with Gasteiger partial charge >= 0.3 is 0 Å². The molecular weight excluding hydrogens is 324 g/mol. The maximum atomic E-state index is 12.9. The van der Waals surface area contributed by atoms with E-state index in [2.05, 4.69) is 21.9 Å². The molecule has 4 heteroatoms. The largest absolute Gasteiger partial charge is 0.385 e. The van der Waals surface area contributed by atoms with Gasteiger partial charge in [0.15, 0.2) is 0 Å². The van der Waals surface area contributed by atoms with Crippen molar-refractivity contribution in [1.29, 1.82) is 0 Å². The Morgan fingerprint density at radius 1 is 1.08 bits per heavy atom. The predicted molar refractivity (Wildman–Crippen MR) is 105 cm³/mol. The molecule has 2 aliphatic rings. The Balaban J connectivity index is 1.52. The van der Waals surface area contributed by atoms with E-state index in [1.54, 1.807) is 7.11 Å². The number of benzene rings is 1. The zero-order chi connectivity index (χ0) is 18.2. The number of likely N-dealkylation sites (tertiary alicyclic amines) is 2. The summed E-state index contributed by atoms with van der Waals surface area (Å²) in [6, 6.07) is 8.33. The summed E-state index contributed by atoms with van der Waals surface area (Å²) in [4.78, 5) is 17.4. The Labute approximate surface area is 158 Å². The van der Waals surface area contributed by atoms with Gasteiger partial charge in [-0.15, -0.1) is 0 Å². The van der Waals surface area contributed by atoms with Crippen molar-refractivity contribution >= 4 is 5.91 Å². The van der Waals surface area contributed by atoms with Gasteiger partial charge in [-0.2, -0.15) is 0 Å². The molecule has 4 nitrogen and oxygen atoms in total. The molecule has 1 aromatic rings. The fourth-order valence-electron chi connectivity index (χ4n) is 4.31. The van der Waals surface area contributed by atoms with Crippen LogP contribution in [-0.4, -0.2) is 55.6 Å². The zero-order valence-corrected chi connectivity index (χ0v) is 16.3. The number of rotatable bonds is 7. The van der Waals surface area contributed by atoms with Crippen LogP contribution in [0.2, 0.25) is 0 Å². The minimum Gasteiger partial charge on any atom is -0.385 e. The number of nitrogens with zero attached hydrogens (tertiary/aromatic N) is 2. The van der Waals surface area contributed by atoms with E-state index in [4.69, 9.17) is 4.74 Å². The van der Waals surface area contributed by atoms with Crippen molar-refractivity contribution in [3.8, 4) is 0 Å². The lowest BCUT2D eigenvalue weighted by Crippen LogP contribution is -2.40. The summed E-state index contributed by atoms with van der Waals surface area (Å²) in [5, 5.41) is 0. The number of hydrogen-bond donors (Lipinski definition) is 0. The molecular formula is C22H34N2O2. The van der Waals surface area contributed by atoms with Crippen molar-refractivity contribution in [2.24, 2.45) is 5.92 Å². The number of carbonyl (C=O) groups is 1. The lowest BCUT2D eigenvalue weighted by Gasteiger charge is -2.33. The Bertz CT molecular complexity index is 552. The summed E-state index contributed by atoms with van der Waals surface area (Å²) in [5.74, 6) is 0.826. The lowest BCUT2D eigenvalue weighted by atomic mass is 9.93. The van der Waals surface area contributed by atoms with Crippen molar-refractivity contribution in [3.05, 3.63) is 35.4 Å². The topological polar surface area (TPSA) is 32.8 Å². The number of piperidine rings is 2. The fourth-order valence-corrected chi connectivity index (χ4v) is 4.31. The van der Waals surface area contributed by atoms with Crippen molar-refractivity contribution in [1.82, 2.24) is 9.80 Å². The van der Waals surface area contributed by atoms with E-state index in [0.717, 1.165) is 51.1 Å². The third-order valence-corrected chi connectivity index (χ3v) is 5.82. The second kappa shape index (κ2) is 10.1. The molecule has 0 aliphatic carbocycles. The van der Waals surface area contributed by atoms with Crippen LogP contribution >= 0.6 is 0 Å². The summed E-state index contributed by atoms with van der Waals surface area (Å²) in [6.07, 6.45) is 8.61. The monoisotopic (exact) mass is 358 g/mol. The Hall–Kier alpha value is -1.39. The van der Waals surface area contributed by atoms with Crippen LogP contribution in [0.1, 0.15) is 60.9 Å². The number of ether oxygens (including phenoxy) is 1. The zero-order valence-electron chi connectivity index (χ0n) is 16.3. The molecule has 1 atom stereocenters. The summed E-state index contributed by atoms with van der Waals surface area (Å²) < 4.78 is 5.16. The van der Waals surface area contributed by atoms with Crippen LogP contribution in [-0.2, 0) is 11.3 Å². The quantitative estimate of drug-likeness (QED) is 0.692. The van der Waals surface area contributed by atoms with Gasteiger partial charge in [0.1, 0.15) is 0 Å². The number of carbonyl (C=O) groups excluding carboxylic acids is 1. The average Bonchev–Trinajstić information content (AvgIpc) is 2.69. The molecule has 144 valence electrons. The minimum absolute atomic E-state index is 0.200. The Morgan fingerprint density at radius 3 is 2.58 bits per heavy atom. The highest BCUT2D eigenvalue weighted by Gasteiger charge is 2.24. The molecule has 3 rings (SSSR count). The average molecular weight is 359 g/mol. The van der Waals surface area contributed by atoms with Crippen LogP contribution < -0.4 is 0 Å². The van der Waals surface area contributed by atoms with Crippen LogP contribution in [0.15, 0.2) is 24.3 Å². The van der Waals surface area contributed by atoms with Crippen molar-refractivity contribution in [2.45, 2.75) is 51.5 Å². The van der Waals surface area contributed by atoms with Crippen LogP contribution in [0.3, 0.4) is 0 Å². The van der Waals surface area contributed by atoms with Crippen LogP contribution in [0, 0.1) is 5.92 Å². The first-order valence-corrected chi connectivity index (χ1v) is 10.4. The van der Waals surface area contributed by atoms with Crippen molar-refractivity contribution in [3.63, 3.8) is 0 Å². The first-order valence-electron chi connectivity index (χ1n) is 10.4. The van der Waals surface area contributed by atoms with Crippen molar-refractivity contribution < 1.29 is 9.53 Å². The molecule has 0 N–H and O–H groups in total. The molecule has 0 spiro atoms. The smallest absolute Gasteiger partial charge is 0.253 e. The van der Waals surface area contributed by atoms with Gasteiger partial charge in [-0.3, -0.25) is 9.69 Å². The van der Waals surface area contributed by atoms with E-state index in [1.165, 1.54) is 44.3 Å². The maximum absolute atomic E-state index is 12.9. The van der Waals surface area contributed by atoms with E-state index in [0.29, 0.717) is 5.92 Å². The lowest BCUT2D eigenvalue weighted by molar-refractivity contribution is 0.0660. The number of amides is 1. The fraction of sp³-hybridized carbons (Fsp3) is 0.682. The van der Waals surface area contributed by atoms with Crippen LogP contribution in [0.5, 0.6) is 0 Å². The van der Waals surface area contributed by atoms with Crippen molar-refractivity contribution in [2.75, 3.05) is 39.9 Å². The predicted octanol–water partition coefficient (Wildman–Crippen LogP) is 3.95. The summed E-state index contributed by atoms with van der Waals surface area (Å²) in [6.45, 7) is 6.05. The molecule has 0 unspecified atom stereocenters. The first-order chi connectivity index (χ1) is 12.8. The van der Waals surface area contributed by atoms with E-state index in [1.807, 2.05) is 12.1 Å². The molecule has 2 fully saturated rings. The van der Waals surface area contributed by atoms with Gasteiger partial charge in [0.25, 0.3) is 5.91 Å². The molecule has 1 aromatic carbocycles. The van der Waals surface area contributed by atoms with Gasteiger partial charge in [0, 0.05) is 38.9 Å². The third-order valence-electron chi connectivity index (χ3n) is 5.82. The second-order valence-electron chi connectivity index (χ2n) is 7.93. The summed E-state index contributed by atoms with van der Waals surface area (Å²) in [5.41, 5.74) is 2.16. The van der Waals surface area contributed by atoms with Gasteiger partial charge in [-0.1, -0.05) is 18.6 Å². The highest BCUT2D eigenvalue weighted by Crippen LogP contribution is 2.23. The van der Waals surface area contributed by atoms with Gasteiger partial charge in [0.2, 0.25) is 0 Å². The number of hydrogen-bond acceptors (Lipinski definition) is 3. The van der Waals surface area contributed by atoms with Gasteiger partial charge in [-0.05, 0) is 75.2 Å².